The third-order valence-corrected chi connectivity index (χ3v) is 2.56. The van der Waals surface area contributed by atoms with Crippen molar-refractivity contribution >= 4 is 0 Å². The summed E-state index contributed by atoms with van der Waals surface area (Å²) in [6.45, 7) is 10.8. The van der Waals surface area contributed by atoms with Crippen LogP contribution in [0.4, 0.5) is 0 Å². The second-order valence-corrected chi connectivity index (χ2v) is 4.75. The largest absolute Gasteiger partial charge is 0.379 e. The second kappa shape index (κ2) is 11.6. The van der Waals surface area contributed by atoms with E-state index in [0.29, 0.717) is 46.2 Å². The van der Waals surface area contributed by atoms with E-state index in [0.717, 1.165) is 12.3 Å². The molecule has 0 aliphatic rings. The van der Waals surface area contributed by atoms with Crippen LogP contribution in [-0.4, -0.2) is 60.7 Å². The van der Waals surface area contributed by atoms with E-state index in [-0.39, 0.29) is 6.10 Å². The van der Waals surface area contributed by atoms with Gasteiger partial charge in [-0.05, 0) is 20.8 Å². The average molecular weight is 301 g/mol. The van der Waals surface area contributed by atoms with Crippen molar-refractivity contribution in [3.8, 4) is 0 Å². The molecule has 0 amide bonds. The van der Waals surface area contributed by atoms with E-state index in [4.69, 9.17) is 18.9 Å². The Hall–Kier alpha value is -1.02. The van der Waals surface area contributed by atoms with Crippen LogP contribution in [0.25, 0.3) is 0 Å². The van der Waals surface area contributed by atoms with Crippen LogP contribution in [-0.2, 0) is 32.1 Å². The van der Waals surface area contributed by atoms with Crippen molar-refractivity contribution in [2.75, 3.05) is 39.6 Å². The predicted molar refractivity (Wildman–Crippen MR) is 78.1 cm³/mol. The first-order valence-corrected chi connectivity index (χ1v) is 7.46. The lowest BCUT2D eigenvalue weighted by Crippen LogP contribution is -2.12. The normalized spacial score (nSPS) is 11.4. The van der Waals surface area contributed by atoms with Crippen LogP contribution in [0, 0.1) is 0 Å². The van der Waals surface area contributed by atoms with E-state index < -0.39 is 0 Å². The monoisotopic (exact) mass is 301 g/mol. The smallest absolute Gasteiger partial charge is 0.108 e. The van der Waals surface area contributed by atoms with Crippen molar-refractivity contribution in [1.29, 1.82) is 0 Å². The maximum Gasteiger partial charge on any atom is 0.108 e. The Balaban J connectivity index is 1.97. The first-order chi connectivity index (χ1) is 10.2. The zero-order valence-electron chi connectivity index (χ0n) is 13.3. The number of aromatic nitrogens is 3. The molecule has 0 atom stereocenters. The lowest BCUT2D eigenvalue weighted by atomic mass is 10.4. The fraction of sp³-hybridized carbons (Fsp3) is 0.857. The Kier molecular flexibility index (Phi) is 9.98. The summed E-state index contributed by atoms with van der Waals surface area (Å²) in [5, 5.41) is 8.06. The van der Waals surface area contributed by atoms with Crippen LogP contribution >= 0.6 is 0 Å². The van der Waals surface area contributed by atoms with Crippen LogP contribution in [0.1, 0.15) is 26.5 Å². The molecule has 7 heteroatoms. The molecule has 0 radical (unpaired) electrons. The Bertz CT molecular complexity index is 358. The maximum absolute atomic E-state index is 5.47. The quantitative estimate of drug-likeness (QED) is 0.511. The molecule has 1 rings (SSSR count). The van der Waals surface area contributed by atoms with Crippen molar-refractivity contribution in [3.05, 3.63) is 11.9 Å². The molecule has 0 fully saturated rings. The molecular formula is C14H27N3O4. The number of hydrogen-bond donors (Lipinski definition) is 0. The van der Waals surface area contributed by atoms with Gasteiger partial charge in [-0.3, -0.25) is 0 Å². The summed E-state index contributed by atoms with van der Waals surface area (Å²) in [5.41, 5.74) is 0.836. The molecule has 0 saturated carbocycles. The Labute approximate surface area is 126 Å². The number of nitrogens with zero attached hydrogens (tertiary/aromatic N) is 3. The van der Waals surface area contributed by atoms with Gasteiger partial charge in [0, 0.05) is 6.61 Å². The van der Waals surface area contributed by atoms with Crippen LogP contribution in [0.3, 0.4) is 0 Å². The van der Waals surface area contributed by atoms with E-state index in [9.17, 15) is 0 Å². The molecule has 1 aromatic rings. The fourth-order valence-corrected chi connectivity index (χ4v) is 1.51. The highest BCUT2D eigenvalue weighted by Gasteiger charge is 2.02. The average Bonchev–Trinajstić information content (AvgIpc) is 2.91. The van der Waals surface area contributed by atoms with Crippen LogP contribution in [0.5, 0.6) is 0 Å². The topological polar surface area (TPSA) is 67.6 Å². The molecular weight excluding hydrogens is 274 g/mol. The molecule has 21 heavy (non-hydrogen) atoms. The van der Waals surface area contributed by atoms with E-state index in [1.54, 1.807) is 4.68 Å². The van der Waals surface area contributed by atoms with Crippen molar-refractivity contribution < 1.29 is 18.9 Å². The second-order valence-electron chi connectivity index (χ2n) is 4.75. The minimum atomic E-state index is 0.196. The molecule has 0 aromatic carbocycles. The van der Waals surface area contributed by atoms with Gasteiger partial charge in [0.15, 0.2) is 0 Å². The van der Waals surface area contributed by atoms with Crippen molar-refractivity contribution in [2.45, 2.75) is 40.0 Å². The minimum absolute atomic E-state index is 0.196. The molecule has 0 aliphatic heterocycles. The van der Waals surface area contributed by atoms with Gasteiger partial charge in [0.1, 0.15) is 5.69 Å². The van der Waals surface area contributed by atoms with Crippen molar-refractivity contribution in [1.82, 2.24) is 15.0 Å². The van der Waals surface area contributed by atoms with Gasteiger partial charge in [0.05, 0.1) is 58.5 Å². The highest BCUT2D eigenvalue weighted by Crippen LogP contribution is 1.99. The summed E-state index contributed by atoms with van der Waals surface area (Å²) in [7, 11) is 0. The first-order valence-electron chi connectivity index (χ1n) is 7.46. The Morgan fingerprint density at radius 3 is 2.38 bits per heavy atom. The Morgan fingerprint density at radius 2 is 1.71 bits per heavy atom. The first kappa shape index (κ1) is 18.0. The van der Waals surface area contributed by atoms with Crippen molar-refractivity contribution in [3.63, 3.8) is 0 Å². The number of rotatable bonds is 13. The van der Waals surface area contributed by atoms with Gasteiger partial charge in [0.25, 0.3) is 0 Å². The lowest BCUT2D eigenvalue weighted by molar-refractivity contribution is 0.0150. The van der Waals surface area contributed by atoms with Gasteiger partial charge in [-0.25, -0.2) is 4.68 Å². The summed E-state index contributed by atoms with van der Waals surface area (Å²) in [5.74, 6) is 0. The highest BCUT2D eigenvalue weighted by atomic mass is 16.5. The molecule has 1 aromatic heterocycles. The van der Waals surface area contributed by atoms with E-state index in [1.807, 2.05) is 27.0 Å². The fourth-order valence-electron chi connectivity index (χ4n) is 1.51. The molecule has 0 saturated heterocycles. The third kappa shape index (κ3) is 9.52. The molecule has 0 unspecified atom stereocenters. The maximum atomic E-state index is 5.47. The van der Waals surface area contributed by atoms with Gasteiger partial charge in [-0.15, -0.1) is 5.10 Å². The zero-order valence-corrected chi connectivity index (χ0v) is 13.3. The summed E-state index contributed by atoms with van der Waals surface area (Å²) < 4.78 is 23.2. The van der Waals surface area contributed by atoms with E-state index >= 15 is 0 Å². The van der Waals surface area contributed by atoms with E-state index in [1.165, 1.54) is 0 Å². The third-order valence-electron chi connectivity index (χ3n) is 2.56. The molecule has 0 aliphatic carbocycles. The van der Waals surface area contributed by atoms with Crippen LogP contribution < -0.4 is 0 Å². The summed E-state index contributed by atoms with van der Waals surface area (Å²) in [6.07, 6.45) is 2.07. The molecule has 1 heterocycles. The predicted octanol–water partition coefficient (Wildman–Crippen LogP) is 1.27. The standard InChI is InChI=1S/C14H27N3O4/c1-4-18-7-8-20-10-9-19-6-5-17-11-14(15-16-17)12-21-13(2)3/h11,13H,4-10,12H2,1-3H3. The van der Waals surface area contributed by atoms with Crippen LogP contribution in [0.15, 0.2) is 6.20 Å². The summed E-state index contributed by atoms with van der Waals surface area (Å²) in [6, 6.07) is 0. The van der Waals surface area contributed by atoms with Gasteiger partial charge in [-0.2, -0.15) is 0 Å². The van der Waals surface area contributed by atoms with Crippen molar-refractivity contribution in [2.24, 2.45) is 0 Å². The molecule has 7 nitrogen and oxygen atoms in total. The SMILES string of the molecule is CCOCCOCCOCCn1cc(COC(C)C)nn1. The summed E-state index contributed by atoms with van der Waals surface area (Å²) in [4.78, 5) is 0. The van der Waals surface area contributed by atoms with Gasteiger partial charge < -0.3 is 18.9 Å². The number of hydrogen-bond acceptors (Lipinski definition) is 6. The minimum Gasteiger partial charge on any atom is -0.379 e. The summed E-state index contributed by atoms with van der Waals surface area (Å²) >= 11 is 0. The van der Waals surface area contributed by atoms with Gasteiger partial charge in [0.2, 0.25) is 0 Å². The van der Waals surface area contributed by atoms with E-state index in [2.05, 4.69) is 10.3 Å². The molecule has 0 N–H and O–H groups in total. The molecule has 0 spiro atoms. The van der Waals surface area contributed by atoms with Gasteiger partial charge >= 0.3 is 0 Å². The lowest BCUT2D eigenvalue weighted by Gasteiger charge is -2.06. The molecule has 122 valence electrons. The Morgan fingerprint density at radius 1 is 1.05 bits per heavy atom. The highest BCUT2D eigenvalue weighted by molar-refractivity contribution is 4.89. The number of ether oxygens (including phenoxy) is 4. The molecule has 0 bridgehead atoms. The zero-order chi connectivity index (χ0) is 15.3. The van der Waals surface area contributed by atoms with Crippen LogP contribution in [0.2, 0.25) is 0 Å². The van der Waals surface area contributed by atoms with Gasteiger partial charge in [-0.1, -0.05) is 5.21 Å².